The topological polar surface area (TPSA) is 94.8 Å². The third kappa shape index (κ3) is 2.01. The maximum Gasteiger partial charge on any atom is 0.220 e. The van der Waals surface area contributed by atoms with Gasteiger partial charge in [-0.25, -0.2) is 0 Å². The lowest BCUT2D eigenvalue weighted by atomic mass is 9.47. The number of aliphatic hydroxyl groups excluding tert-OH is 2. The van der Waals surface area contributed by atoms with Crippen molar-refractivity contribution in [2.24, 2.45) is 11.3 Å². The van der Waals surface area contributed by atoms with Crippen LogP contribution in [0.25, 0.3) is 0 Å². The number of Topliss-reactive ketones (excluding diaryl/α,β-unsaturated/α-hetero) is 1. The summed E-state index contributed by atoms with van der Waals surface area (Å²) in [5, 5.41) is 33.7. The Balaban J connectivity index is 1.77. The molecule has 0 aromatic rings. The van der Waals surface area contributed by atoms with E-state index in [2.05, 4.69) is 7.05 Å². The molecule has 144 valence electrons. The largest absolute Gasteiger partial charge is 0.504 e. The van der Waals surface area contributed by atoms with E-state index in [1.54, 1.807) is 6.08 Å². The fraction of sp³-hybridized carbons (Fsp3) is 0.619. The van der Waals surface area contributed by atoms with Crippen LogP contribution >= 0.6 is 0 Å². The third-order valence-electron chi connectivity index (χ3n) is 7.80. The van der Waals surface area contributed by atoms with Gasteiger partial charge in [0.05, 0.1) is 25.6 Å². The number of aliphatic hydroxyl groups is 3. The summed E-state index contributed by atoms with van der Waals surface area (Å²) in [6, 6.07) is -0.279. The van der Waals surface area contributed by atoms with E-state index in [1.807, 2.05) is 6.08 Å². The molecule has 0 spiro atoms. The normalized spacial score (nSPS) is 46.1. The van der Waals surface area contributed by atoms with E-state index in [0.717, 1.165) is 6.54 Å². The summed E-state index contributed by atoms with van der Waals surface area (Å²) < 4.78 is 0.670. The number of likely N-dealkylation sites (N-methyl/N-ethyl adjacent to an activating group) is 1. The van der Waals surface area contributed by atoms with Gasteiger partial charge in [-0.1, -0.05) is 6.08 Å². The number of allylic oxidation sites excluding steroid dienone is 3. The van der Waals surface area contributed by atoms with E-state index in [0.29, 0.717) is 28.9 Å². The van der Waals surface area contributed by atoms with Crippen molar-refractivity contribution in [1.29, 1.82) is 0 Å². The summed E-state index contributed by atoms with van der Waals surface area (Å²) in [5.74, 6) is -0.634. The quantitative estimate of drug-likeness (QED) is 0.628. The van der Waals surface area contributed by atoms with Gasteiger partial charge >= 0.3 is 0 Å². The molecule has 6 heteroatoms. The first-order valence-electron chi connectivity index (χ1n) is 9.89. The lowest BCUT2D eigenvalue weighted by Crippen LogP contribution is -2.79. The smallest absolute Gasteiger partial charge is 0.220 e. The lowest BCUT2D eigenvalue weighted by molar-refractivity contribution is -0.944. The molecule has 5 aliphatic rings. The van der Waals surface area contributed by atoms with Gasteiger partial charge in [0.2, 0.25) is 5.78 Å². The Morgan fingerprint density at radius 1 is 1.22 bits per heavy atom. The SMILES string of the molecule is C[N@+]1(CC2CC2)CC[C@@]23C4=C(O)C(=O)C=CC4=C[C@@H]1[C@]2(O)CCC(=O)C3O. The highest BCUT2D eigenvalue weighted by molar-refractivity contribution is 6.06. The van der Waals surface area contributed by atoms with Gasteiger partial charge < -0.3 is 19.8 Å². The molecule has 27 heavy (non-hydrogen) atoms. The van der Waals surface area contributed by atoms with E-state index in [-0.39, 0.29) is 30.2 Å². The number of fused-ring (bicyclic) bond motifs is 1. The fourth-order valence-electron chi connectivity index (χ4n) is 6.29. The summed E-state index contributed by atoms with van der Waals surface area (Å²) in [6.45, 7) is 1.65. The molecule has 6 nitrogen and oxygen atoms in total. The van der Waals surface area contributed by atoms with Gasteiger partial charge in [0, 0.05) is 24.3 Å². The molecular formula is C21H26NO5+. The minimum absolute atomic E-state index is 0.111. The van der Waals surface area contributed by atoms with Gasteiger partial charge in [0.1, 0.15) is 17.7 Å². The number of nitrogens with zero attached hydrogens (tertiary/aromatic N) is 1. The molecule has 0 radical (unpaired) electrons. The number of hydrogen-bond donors (Lipinski definition) is 3. The van der Waals surface area contributed by atoms with Crippen LogP contribution in [0, 0.1) is 11.3 Å². The molecule has 1 aliphatic heterocycles. The zero-order chi connectivity index (χ0) is 19.2. The number of hydrogen-bond acceptors (Lipinski definition) is 5. The van der Waals surface area contributed by atoms with Crippen LogP contribution in [-0.2, 0) is 9.59 Å². The Hall–Kier alpha value is -1.76. The number of piperidine rings is 1. The Kier molecular flexibility index (Phi) is 3.33. The predicted octanol–water partition coefficient (Wildman–Crippen LogP) is 0.948. The van der Waals surface area contributed by atoms with E-state index >= 15 is 0 Å². The van der Waals surface area contributed by atoms with Crippen molar-refractivity contribution in [3.8, 4) is 0 Å². The van der Waals surface area contributed by atoms with Crippen molar-refractivity contribution in [1.82, 2.24) is 0 Å². The molecule has 3 fully saturated rings. The molecule has 1 unspecified atom stereocenters. The maximum absolute atomic E-state index is 12.5. The van der Waals surface area contributed by atoms with E-state index in [9.17, 15) is 24.9 Å². The van der Waals surface area contributed by atoms with Crippen LogP contribution in [0.3, 0.4) is 0 Å². The van der Waals surface area contributed by atoms with Gasteiger partial charge in [0.25, 0.3) is 0 Å². The van der Waals surface area contributed by atoms with Gasteiger partial charge in [0.15, 0.2) is 11.5 Å². The first kappa shape index (κ1) is 17.3. The molecule has 0 aromatic carbocycles. The third-order valence-corrected chi connectivity index (χ3v) is 7.80. The second-order valence-corrected chi connectivity index (χ2v) is 9.33. The summed E-state index contributed by atoms with van der Waals surface area (Å²) in [5.41, 5.74) is -1.74. The molecule has 0 aromatic heterocycles. The van der Waals surface area contributed by atoms with Crippen molar-refractivity contribution in [2.45, 2.75) is 49.9 Å². The van der Waals surface area contributed by atoms with Crippen LogP contribution in [0.4, 0.5) is 0 Å². The van der Waals surface area contributed by atoms with Crippen LogP contribution in [0.15, 0.2) is 35.1 Å². The maximum atomic E-state index is 12.5. The summed E-state index contributed by atoms with van der Waals surface area (Å²) in [6.07, 6.45) is 6.68. The number of quaternary nitrogens is 1. The highest BCUT2D eigenvalue weighted by Gasteiger charge is 2.73. The molecule has 5 rings (SSSR count). The monoisotopic (exact) mass is 372 g/mol. The first-order chi connectivity index (χ1) is 12.7. The second-order valence-electron chi connectivity index (χ2n) is 9.33. The number of likely N-dealkylation sites (tertiary alicyclic amines) is 1. The molecule has 2 saturated carbocycles. The average Bonchev–Trinajstić information content (AvgIpc) is 3.43. The standard InChI is InChI=1S/C21H25NO5/c1-22(11-12-2-3-12)9-8-20-17-13(4-5-14(23)18(17)25)10-16(22)21(20,27)7-6-15(24)19(20)26/h4-5,10,12,16,19,26-27H,2-3,6-9,11H2,1H3/p+1/t16-,19?,20+,21-,22-/m1/s1. The zero-order valence-corrected chi connectivity index (χ0v) is 15.5. The zero-order valence-electron chi connectivity index (χ0n) is 15.5. The molecule has 0 amide bonds. The predicted molar refractivity (Wildman–Crippen MR) is 96.6 cm³/mol. The summed E-state index contributed by atoms with van der Waals surface area (Å²) >= 11 is 0. The molecule has 2 bridgehead atoms. The molecule has 1 heterocycles. The Morgan fingerprint density at radius 2 is 1.96 bits per heavy atom. The average molecular weight is 372 g/mol. The number of carbonyl (C=O) groups is 2. The van der Waals surface area contributed by atoms with E-state index < -0.39 is 28.7 Å². The molecular weight excluding hydrogens is 346 g/mol. The van der Waals surface area contributed by atoms with Gasteiger partial charge in [-0.15, -0.1) is 0 Å². The van der Waals surface area contributed by atoms with Crippen LogP contribution in [0.2, 0.25) is 0 Å². The highest BCUT2D eigenvalue weighted by atomic mass is 16.3. The van der Waals surface area contributed by atoms with Gasteiger partial charge in [-0.05, 0) is 37.0 Å². The van der Waals surface area contributed by atoms with Crippen molar-refractivity contribution in [2.75, 3.05) is 20.1 Å². The second kappa shape index (κ2) is 5.19. The van der Waals surface area contributed by atoms with Gasteiger partial charge in [-0.2, -0.15) is 0 Å². The van der Waals surface area contributed by atoms with Crippen molar-refractivity contribution in [3.63, 3.8) is 0 Å². The minimum Gasteiger partial charge on any atom is -0.504 e. The minimum atomic E-state index is -1.41. The Bertz CT molecular complexity index is 853. The molecule has 5 atom stereocenters. The van der Waals surface area contributed by atoms with Crippen molar-refractivity contribution >= 4 is 11.6 Å². The number of rotatable bonds is 2. The fourth-order valence-corrected chi connectivity index (χ4v) is 6.29. The number of carbonyl (C=O) groups excluding carboxylic acids is 2. The van der Waals surface area contributed by atoms with Crippen molar-refractivity contribution in [3.05, 3.63) is 35.1 Å². The first-order valence-corrected chi connectivity index (χ1v) is 9.89. The van der Waals surface area contributed by atoms with Crippen LogP contribution in [0.5, 0.6) is 0 Å². The molecule has 4 aliphatic carbocycles. The summed E-state index contributed by atoms with van der Waals surface area (Å²) in [7, 11) is 2.15. The van der Waals surface area contributed by atoms with E-state index in [1.165, 1.54) is 18.9 Å². The Morgan fingerprint density at radius 3 is 2.67 bits per heavy atom. The lowest BCUT2D eigenvalue weighted by Gasteiger charge is -2.65. The van der Waals surface area contributed by atoms with Crippen LogP contribution in [-0.4, -0.2) is 69.3 Å². The van der Waals surface area contributed by atoms with Crippen LogP contribution in [0.1, 0.15) is 32.1 Å². The molecule has 3 N–H and O–H groups in total. The van der Waals surface area contributed by atoms with Gasteiger partial charge in [-0.3, -0.25) is 9.59 Å². The summed E-state index contributed by atoms with van der Waals surface area (Å²) in [4.78, 5) is 24.7. The Labute approximate surface area is 158 Å². The number of ketones is 2. The van der Waals surface area contributed by atoms with Crippen molar-refractivity contribution < 1.29 is 29.4 Å². The molecule has 1 saturated heterocycles. The van der Waals surface area contributed by atoms with E-state index in [4.69, 9.17) is 0 Å². The highest BCUT2D eigenvalue weighted by Crippen LogP contribution is 2.63. The van der Waals surface area contributed by atoms with Crippen LogP contribution < -0.4 is 0 Å².